The Morgan fingerprint density at radius 3 is 2.95 bits per heavy atom. The molecule has 1 unspecified atom stereocenters. The molecule has 0 amide bonds. The summed E-state index contributed by atoms with van der Waals surface area (Å²) in [7, 11) is 0. The lowest BCUT2D eigenvalue weighted by Gasteiger charge is -2.18. The maximum Gasteiger partial charge on any atom is 0.323 e. The van der Waals surface area contributed by atoms with Gasteiger partial charge >= 0.3 is 5.97 Å². The Morgan fingerprint density at radius 2 is 2.32 bits per heavy atom. The molecule has 0 radical (unpaired) electrons. The van der Waals surface area contributed by atoms with Crippen LogP contribution in [0.4, 0.5) is 0 Å². The molecule has 0 fully saturated rings. The largest absolute Gasteiger partial charge is 0.480 e. The summed E-state index contributed by atoms with van der Waals surface area (Å²) in [6.07, 6.45) is 0.245. The Bertz CT molecular complexity index is 604. The number of nitrogens with one attached hydrogen (secondary N) is 1. The number of carboxylic acids is 1. The summed E-state index contributed by atoms with van der Waals surface area (Å²) in [6, 6.07) is 5.97. The maximum atomic E-state index is 11.0. The van der Waals surface area contributed by atoms with Gasteiger partial charge in [-0.3, -0.25) is 4.79 Å². The fraction of sp³-hybridized carbons (Fsp3) is 0.385. The molecule has 19 heavy (non-hydrogen) atoms. The third-order valence-electron chi connectivity index (χ3n) is 2.87. The molecule has 1 atom stereocenters. The highest BCUT2D eigenvalue weighted by atomic mass is 16.5. The number of imidazole rings is 1. The van der Waals surface area contributed by atoms with Crippen LogP contribution in [0.25, 0.3) is 11.0 Å². The Hall–Kier alpha value is -2.08. The fourth-order valence-corrected chi connectivity index (χ4v) is 1.84. The number of aliphatic carboxylic acids is 1. The second-order valence-electron chi connectivity index (χ2n) is 4.73. The van der Waals surface area contributed by atoms with E-state index in [1.807, 2.05) is 25.1 Å². The van der Waals surface area contributed by atoms with Gasteiger partial charge in [0.2, 0.25) is 0 Å². The van der Waals surface area contributed by atoms with Crippen molar-refractivity contribution in [3.63, 3.8) is 0 Å². The number of nitrogens with two attached hydrogens (primary N) is 1. The second kappa shape index (κ2) is 4.89. The molecule has 6 heteroatoms. The molecule has 6 nitrogen and oxygen atoms in total. The predicted molar refractivity (Wildman–Crippen MR) is 71.2 cm³/mol. The average Bonchev–Trinajstić information content (AvgIpc) is 2.70. The van der Waals surface area contributed by atoms with E-state index < -0.39 is 11.5 Å². The van der Waals surface area contributed by atoms with Crippen LogP contribution in [-0.2, 0) is 11.2 Å². The predicted octanol–water partition coefficient (Wildman–Crippen LogP) is 1.31. The van der Waals surface area contributed by atoms with E-state index in [-0.39, 0.29) is 6.42 Å². The highest BCUT2D eigenvalue weighted by molar-refractivity contribution is 5.80. The quantitative estimate of drug-likeness (QED) is 0.755. The zero-order valence-corrected chi connectivity index (χ0v) is 10.9. The van der Waals surface area contributed by atoms with Crippen LogP contribution in [0, 0.1) is 0 Å². The number of nitrogens with zero attached hydrogens (tertiary/aromatic N) is 1. The number of aromatic amines is 1. The molecular formula is C13H17N3O3. The van der Waals surface area contributed by atoms with Gasteiger partial charge in [0, 0.05) is 6.42 Å². The first-order valence-corrected chi connectivity index (χ1v) is 6.06. The van der Waals surface area contributed by atoms with Crippen LogP contribution in [0.3, 0.4) is 0 Å². The first kappa shape index (κ1) is 13.4. The normalized spacial score (nSPS) is 14.3. The molecule has 0 aliphatic carbocycles. The van der Waals surface area contributed by atoms with E-state index in [1.165, 1.54) is 6.92 Å². The van der Waals surface area contributed by atoms with Crippen LogP contribution in [0.2, 0.25) is 0 Å². The molecule has 0 aliphatic heterocycles. The highest BCUT2D eigenvalue weighted by Gasteiger charge is 2.28. The molecule has 1 aromatic heterocycles. The van der Waals surface area contributed by atoms with Gasteiger partial charge in [-0.25, -0.2) is 0 Å². The average molecular weight is 263 g/mol. The van der Waals surface area contributed by atoms with E-state index in [1.54, 1.807) is 0 Å². The number of fused-ring (bicyclic) bond motifs is 1. The lowest BCUT2D eigenvalue weighted by molar-refractivity contribution is -0.142. The summed E-state index contributed by atoms with van der Waals surface area (Å²) in [6.45, 7) is 3.91. The van der Waals surface area contributed by atoms with Crippen LogP contribution in [-0.4, -0.2) is 33.2 Å². The highest BCUT2D eigenvalue weighted by Crippen LogP contribution is 2.20. The molecule has 0 saturated carbocycles. The third kappa shape index (κ3) is 2.85. The molecule has 1 aromatic carbocycles. The van der Waals surface area contributed by atoms with Crippen molar-refractivity contribution >= 4 is 17.0 Å². The van der Waals surface area contributed by atoms with Gasteiger partial charge in [-0.2, -0.15) is 4.98 Å². The van der Waals surface area contributed by atoms with Crippen molar-refractivity contribution in [1.29, 1.82) is 0 Å². The number of ether oxygens (including phenoxy) is 1. The number of rotatable bonds is 5. The molecular weight excluding hydrogens is 246 g/mol. The van der Waals surface area contributed by atoms with Gasteiger partial charge in [-0.05, 0) is 31.5 Å². The molecule has 1 heterocycles. The van der Waals surface area contributed by atoms with Crippen LogP contribution in [0.1, 0.15) is 19.4 Å². The van der Waals surface area contributed by atoms with Crippen molar-refractivity contribution in [1.82, 2.24) is 9.97 Å². The Morgan fingerprint density at radius 1 is 1.58 bits per heavy atom. The molecule has 0 saturated heterocycles. The van der Waals surface area contributed by atoms with Gasteiger partial charge in [0.05, 0.1) is 17.6 Å². The van der Waals surface area contributed by atoms with E-state index in [2.05, 4.69) is 9.97 Å². The van der Waals surface area contributed by atoms with Crippen molar-refractivity contribution in [2.75, 3.05) is 6.61 Å². The molecule has 102 valence electrons. The van der Waals surface area contributed by atoms with Gasteiger partial charge in [0.15, 0.2) is 0 Å². The standard InChI is InChI=1S/C13H17N3O3/c1-3-19-12-15-9-5-4-8(6-10(9)16-12)7-13(2,14)11(17)18/h4-6H,3,7,14H2,1-2H3,(H,15,16)(H,17,18). The van der Waals surface area contributed by atoms with E-state index in [4.69, 9.17) is 15.6 Å². The van der Waals surface area contributed by atoms with Crippen molar-refractivity contribution < 1.29 is 14.6 Å². The summed E-state index contributed by atoms with van der Waals surface area (Å²) in [5.41, 5.74) is 6.87. The minimum atomic E-state index is -1.28. The third-order valence-corrected chi connectivity index (χ3v) is 2.87. The molecule has 2 rings (SSSR count). The van der Waals surface area contributed by atoms with Crippen LogP contribution in [0.15, 0.2) is 18.2 Å². The Labute approximate surface area is 110 Å². The van der Waals surface area contributed by atoms with E-state index in [9.17, 15) is 4.79 Å². The van der Waals surface area contributed by atoms with Crippen molar-refractivity contribution in [2.45, 2.75) is 25.8 Å². The maximum absolute atomic E-state index is 11.0. The summed E-state index contributed by atoms with van der Waals surface area (Å²) in [4.78, 5) is 18.3. The number of benzene rings is 1. The number of carbonyl (C=O) groups is 1. The Balaban J connectivity index is 2.28. The minimum Gasteiger partial charge on any atom is -0.480 e. The second-order valence-corrected chi connectivity index (χ2v) is 4.73. The lowest BCUT2D eigenvalue weighted by atomic mass is 9.94. The van der Waals surface area contributed by atoms with Gasteiger partial charge < -0.3 is 20.6 Å². The lowest BCUT2D eigenvalue weighted by Crippen LogP contribution is -2.46. The molecule has 2 aromatic rings. The number of hydrogen-bond acceptors (Lipinski definition) is 4. The van der Waals surface area contributed by atoms with Crippen molar-refractivity contribution in [2.24, 2.45) is 5.73 Å². The number of carboxylic acid groups (broad SMARTS) is 1. The number of H-pyrrole nitrogens is 1. The topological polar surface area (TPSA) is 101 Å². The summed E-state index contributed by atoms with van der Waals surface area (Å²) < 4.78 is 5.28. The van der Waals surface area contributed by atoms with E-state index in [0.717, 1.165) is 16.6 Å². The summed E-state index contributed by atoms with van der Waals surface area (Å²) >= 11 is 0. The number of hydrogen-bond donors (Lipinski definition) is 3. The van der Waals surface area contributed by atoms with Crippen molar-refractivity contribution in [3.05, 3.63) is 23.8 Å². The number of aromatic nitrogens is 2. The zero-order chi connectivity index (χ0) is 14.0. The molecule has 4 N–H and O–H groups in total. The fourth-order valence-electron chi connectivity index (χ4n) is 1.84. The van der Waals surface area contributed by atoms with Crippen LogP contribution >= 0.6 is 0 Å². The smallest absolute Gasteiger partial charge is 0.323 e. The van der Waals surface area contributed by atoms with E-state index in [0.29, 0.717) is 12.6 Å². The van der Waals surface area contributed by atoms with Gasteiger partial charge in [0.1, 0.15) is 5.54 Å². The summed E-state index contributed by atoms with van der Waals surface area (Å²) in [5, 5.41) is 9.02. The minimum absolute atomic E-state index is 0.245. The Kier molecular flexibility index (Phi) is 3.44. The monoisotopic (exact) mass is 263 g/mol. The van der Waals surface area contributed by atoms with Crippen molar-refractivity contribution in [3.8, 4) is 6.01 Å². The molecule has 0 spiro atoms. The van der Waals surface area contributed by atoms with Crippen LogP contribution in [0.5, 0.6) is 6.01 Å². The molecule has 0 bridgehead atoms. The SMILES string of the molecule is CCOc1nc2cc(CC(C)(N)C(=O)O)ccc2[nH]1. The van der Waals surface area contributed by atoms with Gasteiger partial charge in [-0.15, -0.1) is 0 Å². The van der Waals surface area contributed by atoms with E-state index >= 15 is 0 Å². The first-order chi connectivity index (χ1) is 8.92. The van der Waals surface area contributed by atoms with Gasteiger partial charge in [-0.1, -0.05) is 6.07 Å². The van der Waals surface area contributed by atoms with Gasteiger partial charge in [0.25, 0.3) is 6.01 Å². The first-order valence-electron chi connectivity index (χ1n) is 6.06. The molecule has 0 aliphatic rings. The van der Waals surface area contributed by atoms with Crippen LogP contribution < -0.4 is 10.5 Å². The zero-order valence-electron chi connectivity index (χ0n) is 10.9. The summed E-state index contributed by atoms with van der Waals surface area (Å²) in [5.74, 6) is -1.02.